The van der Waals surface area contributed by atoms with E-state index in [4.69, 9.17) is 11.6 Å². The molecule has 0 atom stereocenters. The molecule has 0 unspecified atom stereocenters. The summed E-state index contributed by atoms with van der Waals surface area (Å²) in [7, 11) is 0. The molecular formula is C14H18ClF2NO. The van der Waals surface area contributed by atoms with Crippen molar-refractivity contribution in [3.8, 4) is 0 Å². The zero-order valence-corrected chi connectivity index (χ0v) is 11.9. The van der Waals surface area contributed by atoms with Crippen molar-refractivity contribution in [2.24, 2.45) is 5.41 Å². The smallest absolute Gasteiger partial charge is 0.224 e. The van der Waals surface area contributed by atoms with Crippen LogP contribution in [0.5, 0.6) is 0 Å². The molecule has 106 valence electrons. The molecule has 0 bridgehead atoms. The highest BCUT2D eigenvalue weighted by molar-refractivity contribution is 6.17. The van der Waals surface area contributed by atoms with Gasteiger partial charge in [0.15, 0.2) is 11.6 Å². The van der Waals surface area contributed by atoms with Crippen molar-refractivity contribution in [2.75, 3.05) is 12.4 Å². The Hall–Kier alpha value is -1.16. The van der Waals surface area contributed by atoms with Gasteiger partial charge in [-0.1, -0.05) is 26.0 Å². The van der Waals surface area contributed by atoms with E-state index in [0.29, 0.717) is 12.4 Å². The van der Waals surface area contributed by atoms with Gasteiger partial charge in [-0.25, -0.2) is 8.78 Å². The molecule has 0 saturated heterocycles. The number of carbonyl (C=O) groups is 1. The summed E-state index contributed by atoms with van der Waals surface area (Å²) in [4.78, 5) is 11.7. The van der Waals surface area contributed by atoms with Gasteiger partial charge in [-0.05, 0) is 17.9 Å². The van der Waals surface area contributed by atoms with Gasteiger partial charge in [0.1, 0.15) is 0 Å². The van der Waals surface area contributed by atoms with Crippen LogP contribution in [-0.4, -0.2) is 18.3 Å². The molecule has 2 nitrogen and oxygen atoms in total. The molecule has 0 spiro atoms. The Morgan fingerprint density at radius 1 is 1.37 bits per heavy atom. The van der Waals surface area contributed by atoms with Crippen molar-refractivity contribution in [3.05, 3.63) is 35.4 Å². The lowest BCUT2D eigenvalue weighted by Gasteiger charge is -2.23. The lowest BCUT2D eigenvalue weighted by atomic mass is 9.90. The quantitative estimate of drug-likeness (QED) is 0.800. The minimum absolute atomic E-state index is 0.0626. The van der Waals surface area contributed by atoms with Gasteiger partial charge in [-0.3, -0.25) is 4.79 Å². The number of alkyl halides is 1. The standard InChI is InChI=1S/C14H18ClF2NO/c1-14(2,6-7-15)9-18-12(19)8-10-4-3-5-11(16)13(10)17/h3-5H,6-9H2,1-2H3,(H,18,19). The lowest BCUT2D eigenvalue weighted by Crippen LogP contribution is -2.35. The first-order valence-corrected chi connectivity index (χ1v) is 6.65. The zero-order chi connectivity index (χ0) is 14.5. The van der Waals surface area contributed by atoms with Gasteiger partial charge in [-0.15, -0.1) is 11.6 Å². The van der Waals surface area contributed by atoms with E-state index in [1.165, 1.54) is 12.1 Å². The van der Waals surface area contributed by atoms with E-state index in [9.17, 15) is 13.6 Å². The minimum Gasteiger partial charge on any atom is -0.355 e. The monoisotopic (exact) mass is 289 g/mol. The SMILES string of the molecule is CC(C)(CCCl)CNC(=O)Cc1cccc(F)c1F. The summed E-state index contributed by atoms with van der Waals surface area (Å²) in [6.45, 7) is 4.42. The molecule has 0 aromatic heterocycles. The number of rotatable bonds is 6. The molecule has 0 aliphatic heterocycles. The van der Waals surface area contributed by atoms with E-state index >= 15 is 0 Å². The fraction of sp³-hybridized carbons (Fsp3) is 0.500. The van der Waals surface area contributed by atoms with E-state index in [1.807, 2.05) is 13.8 Å². The molecule has 0 aliphatic carbocycles. The highest BCUT2D eigenvalue weighted by Crippen LogP contribution is 2.19. The van der Waals surface area contributed by atoms with E-state index in [1.54, 1.807) is 0 Å². The number of amides is 1. The lowest BCUT2D eigenvalue weighted by molar-refractivity contribution is -0.120. The molecule has 0 saturated carbocycles. The van der Waals surface area contributed by atoms with Crippen LogP contribution in [0, 0.1) is 17.0 Å². The third-order valence-corrected chi connectivity index (χ3v) is 3.11. The molecule has 5 heteroatoms. The number of hydrogen-bond acceptors (Lipinski definition) is 1. The van der Waals surface area contributed by atoms with Gasteiger partial charge in [0.25, 0.3) is 0 Å². The highest BCUT2D eigenvalue weighted by Gasteiger charge is 2.19. The molecule has 0 radical (unpaired) electrons. The van der Waals surface area contributed by atoms with Crippen molar-refractivity contribution in [1.82, 2.24) is 5.32 Å². The van der Waals surface area contributed by atoms with Crippen LogP contribution in [0.25, 0.3) is 0 Å². The average Bonchev–Trinajstić information content (AvgIpc) is 2.33. The number of nitrogens with one attached hydrogen (secondary N) is 1. The van der Waals surface area contributed by atoms with Gasteiger partial charge in [0, 0.05) is 18.0 Å². The Kier molecular flexibility index (Phi) is 5.73. The van der Waals surface area contributed by atoms with Gasteiger partial charge in [0.2, 0.25) is 5.91 Å². The number of carbonyl (C=O) groups excluding carboxylic acids is 1. The third-order valence-electron chi connectivity index (χ3n) is 2.92. The third kappa shape index (κ3) is 5.15. The summed E-state index contributed by atoms with van der Waals surface area (Å²) >= 11 is 5.67. The predicted molar refractivity (Wildman–Crippen MR) is 72.2 cm³/mol. The second-order valence-electron chi connectivity index (χ2n) is 5.27. The van der Waals surface area contributed by atoms with E-state index in [-0.39, 0.29) is 23.3 Å². The average molecular weight is 290 g/mol. The molecule has 1 aromatic rings. The summed E-state index contributed by atoms with van der Waals surface area (Å²) in [6.07, 6.45) is 0.601. The van der Waals surface area contributed by atoms with Crippen molar-refractivity contribution in [3.63, 3.8) is 0 Å². The molecule has 1 rings (SSSR count). The molecular weight excluding hydrogens is 272 g/mol. The van der Waals surface area contributed by atoms with Gasteiger partial charge >= 0.3 is 0 Å². The summed E-state index contributed by atoms with van der Waals surface area (Å²) < 4.78 is 26.4. The first kappa shape index (κ1) is 15.9. The fourth-order valence-corrected chi connectivity index (χ4v) is 2.11. The van der Waals surface area contributed by atoms with E-state index in [0.717, 1.165) is 12.5 Å². The number of hydrogen-bond donors (Lipinski definition) is 1. The van der Waals surface area contributed by atoms with Crippen molar-refractivity contribution in [2.45, 2.75) is 26.7 Å². The summed E-state index contributed by atoms with van der Waals surface area (Å²) in [5.41, 5.74) is -0.0506. The zero-order valence-electron chi connectivity index (χ0n) is 11.1. The van der Waals surface area contributed by atoms with E-state index in [2.05, 4.69) is 5.32 Å². The Morgan fingerprint density at radius 2 is 2.05 bits per heavy atom. The normalized spacial score (nSPS) is 11.4. The van der Waals surface area contributed by atoms with Crippen LogP contribution in [0.15, 0.2) is 18.2 Å². The van der Waals surface area contributed by atoms with Crippen LogP contribution < -0.4 is 5.32 Å². The molecule has 1 aromatic carbocycles. The molecule has 0 heterocycles. The Labute approximate surface area is 117 Å². The molecule has 19 heavy (non-hydrogen) atoms. The highest BCUT2D eigenvalue weighted by atomic mass is 35.5. The van der Waals surface area contributed by atoms with E-state index < -0.39 is 11.6 Å². The van der Waals surface area contributed by atoms with Crippen LogP contribution in [0.1, 0.15) is 25.8 Å². The van der Waals surface area contributed by atoms with Crippen LogP contribution in [0.2, 0.25) is 0 Å². The van der Waals surface area contributed by atoms with Crippen molar-refractivity contribution < 1.29 is 13.6 Å². The van der Waals surface area contributed by atoms with Crippen LogP contribution >= 0.6 is 11.6 Å². The first-order valence-electron chi connectivity index (χ1n) is 6.11. The Bertz CT molecular complexity index is 449. The second-order valence-corrected chi connectivity index (χ2v) is 5.65. The molecule has 0 aliphatic rings. The fourth-order valence-electron chi connectivity index (χ4n) is 1.60. The Balaban J connectivity index is 2.54. The molecule has 0 fully saturated rings. The maximum Gasteiger partial charge on any atom is 0.224 e. The maximum atomic E-state index is 13.4. The van der Waals surface area contributed by atoms with Gasteiger partial charge in [0.05, 0.1) is 6.42 Å². The summed E-state index contributed by atoms with van der Waals surface area (Å²) in [5, 5.41) is 2.72. The minimum atomic E-state index is -0.960. The Morgan fingerprint density at radius 3 is 2.68 bits per heavy atom. The predicted octanol–water partition coefficient (Wildman–Crippen LogP) is 3.28. The first-order chi connectivity index (χ1) is 8.85. The second kappa shape index (κ2) is 6.85. The van der Waals surface area contributed by atoms with Crippen molar-refractivity contribution >= 4 is 17.5 Å². The summed E-state index contributed by atoms with van der Waals surface area (Å²) in [5.74, 6) is -1.71. The topological polar surface area (TPSA) is 29.1 Å². The van der Waals surface area contributed by atoms with Gasteiger partial charge in [-0.2, -0.15) is 0 Å². The number of halogens is 3. The number of benzene rings is 1. The van der Waals surface area contributed by atoms with Gasteiger partial charge < -0.3 is 5.32 Å². The molecule has 1 amide bonds. The maximum absolute atomic E-state index is 13.4. The summed E-state index contributed by atoms with van der Waals surface area (Å²) in [6, 6.07) is 3.82. The van der Waals surface area contributed by atoms with Crippen LogP contribution in [0.4, 0.5) is 8.78 Å². The largest absolute Gasteiger partial charge is 0.355 e. The molecule has 1 N–H and O–H groups in total. The van der Waals surface area contributed by atoms with Crippen LogP contribution in [-0.2, 0) is 11.2 Å². The van der Waals surface area contributed by atoms with Crippen molar-refractivity contribution in [1.29, 1.82) is 0 Å². The van der Waals surface area contributed by atoms with Crippen LogP contribution in [0.3, 0.4) is 0 Å².